The first-order valence-corrected chi connectivity index (χ1v) is 13.0. The number of aromatic nitrogens is 2. The van der Waals surface area contributed by atoms with Crippen LogP contribution in [-0.2, 0) is 18.8 Å². The van der Waals surface area contributed by atoms with Crippen LogP contribution in [0.2, 0.25) is 0 Å². The Bertz CT molecular complexity index is 1420. The molecule has 1 aliphatic heterocycles. The number of hydrogen-bond donors (Lipinski definition) is 3. The van der Waals surface area contributed by atoms with Crippen LogP contribution in [0.15, 0.2) is 89.6 Å². The molecule has 1 saturated heterocycles. The van der Waals surface area contributed by atoms with Gasteiger partial charge in [0, 0.05) is 24.7 Å². The van der Waals surface area contributed by atoms with Crippen LogP contribution in [0.5, 0.6) is 0 Å². The Kier molecular flexibility index (Phi) is 8.30. The zero-order valence-corrected chi connectivity index (χ0v) is 20.9. The zero-order valence-electron chi connectivity index (χ0n) is 20.0. The molecule has 1 aromatic heterocycles. The van der Waals surface area contributed by atoms with E-state index >= 15 is 0 Å². The largest absolute Gasteiger partial charge is 0.453 e. The average molecular weight is 541 g/mol. The fourth-order valence-electron chi connectivity index (χ4n) is 3.85. The van der Waals surface area contributed by atoms with E-state index in [1.54, 1.807) is 48.5 Å². The van der Waals surface area contributed by atoms with Crippen molar-refractivity contribution in [1.82, 2.24) is 9.55 Å². The van der Waals surface area contributed by atoms with Crippen LogP contribution in [0.25, 0.3) is 0 Å². The van der Waals surface area contributed by atoms with Gasteiger partial charge in [0.15, 0.2) is 12.3 Å². The molecule has 1 aliphatic rings. The Labute approximate surface area is 216 Å². The number of carbonyl (C=O) groups excluding carboxylic acids is 2. The highest BCUT2D eigenvalue weighted by molar-refractivity contribution is 7.55. The van der Waals surface area contributed by atoms with Crippen molar-refractivity contribution in [2.45, 2.75) is 24.5 Å². The Balaban J connectivity index is 1.60. The van der Waals surface area contributed by atoms with Gasteiger partial charge >= 0.3 is 19.3 Å². The number of anilines is 1. The maximum Gasteiger partial charge on any atom is 0.351 e. The number of amides is 1. The maximum atomic E-state index is 12.9. The van der Waals surface area contributed by atoms with Crippen molar-refractivity contribution in [3.8, 4) is 0 Å². The molecular formula is C25H24N3O9P. The number of methoxy groups -OCH3 is 1. The quantitative estimate of drug-likeness (QED) is 0.285. The highest BCUT2D eigenvalue weighted by Gasteiger charge is 2.48. The molecule has 4 rings (SSSR count). The predicted octanol–water partition coefficient (Wildman–Crippen LogP) is 2.33. The van der Waals surface area contributed by atoms with Gasteiger partial charge in [-0.15, -0.1) is 0 Å². The van der Waals surface area contributed by atoms with E-state index in [-0.39, 0.29) is 11.4 Å². The maximum absolute atomic E-state index is 12.9. The Morgan fingerprint density at radius 1 is 1.03 bits per heavy atom. The lowest BCUT2D eigenvalue weighted by atomic mass is 10.1. The second kappa shape index (κ2) is 11.6. The summed E-state index contributed by atoms with van der Waals surface area (Å²) in [5.41, 5.74) is -0.198. The zero-order chi connectivity index (χ0) is 27.3. The highest BCUT2D eigenvalue weighted by atomic mass is 31.2. The second-order valence-corrected chi connectivity index (χ2v) is 9.66. The molecule has 198 valence electrons. The SMILES string of the molecule is COC1C(OC(=O)c2ccccc2)C(C=CP(=O)(O)O)OC1n1ccc(NC(=O)c2ccccc2)nc1=O. The summed E-state index contributed by atoms with van der Waals surface area (Å²) in [5, 5.41) is 2.54. The van der Waals surface area contributed by atoms with E-state index in [1.165, 1.54) is 31.5 Å². The van der Waals surface area contributed by atoms with Crippen molar-refractivity contribution in [3.05, 3.63) is 106 Å². The summed E-state index contributed by atoms with van der Waals surface area (Å²) >= 11 is 0. The molecule has 0 bridgehead atoms. The van der Waals surface area contributed by atoms with E-state index in [9.17, 15) is 28.7 Å². The van der Waals surface area contributed by atoms with Gasteiger partial charge in [-0.1, -0.05) is 36.4 Å². The molecule has 0 radical (unpaired) electrons. The van der Waals surface area contributed by atoms with Gasteiger partial charge in [0.25, 0.3) is 5.91 Å². The van der Waals surface area contributed by atoms with Crippen LogP contribution in [0.4, 0.5) is 5.82 Å². The minimum absolute atomic E-state index is 0.00272. The highest BCUT2D eigenvalue weighted by Crippen LogP contribution is 2.39. The van der Waals surface area contributed by atoms with Crippen molar-refractivity contribution in [2.24, 2.45) is 0 Å². The van der Waals surface area contributed by atoms with Gasteiger partial charge in [0.05, 0.1) is 5.56 Å². The lowest BCUT2D eigenvalue weighted by Gasteiger charge is -2.23. The number of hydrogen-bond acceptors (Lipinski definition) is 8. The average Bonchev–Trinajstić information content (AvgIpc) is 3.24. The van der Waals surface area contributed by atoms with Gasteiger partial charge in [-0.25, -0.2) is 9.59 Å². The third kappa shape index (κ3) is 6.49. The minimum atomic E-state index is -4.57. The summed E-state index contributed by atoms with van der Waals surface area (Å²) < 4.78 is 29.5. The topological polar surface area (TPSA) is 166 Å². The summed E-state index contributed by atoms with van der Waals surface area (Å²) in [6, 6.07) is 17.8. The van der Waals surface area contributed by atoms with Gasteiger partial charge in [0.2, 0.25) is 0 Å². The molecule has 12 nitrogen and oxygen atoms in total. The molecule has 0 aliphatic carbocycles. The predicted molar refractivity (Wildman–Crippen MR) is 134 cm³/mol. The van der Waals surface area contributed by atoms with E-state index in [2.05, 4.69) is 10.3 Å². The van der Waals surface area contributed by atoms with Crippen molar-refractivity contribution in [1.29, 1.82) is 0 Å². The van der Waals surface area contributed by atoms with Crippen molar-refractivity contribution < 1.29 is 38.2 Å². The van der Waals surface area contributed by atoms with Gasteiger partial charge in [0.1, 0.15) is 18.0 Å². The number of nitrogens with zero attached hydrogens (tertiary/aromatic N) is 2. The lowest BCUT2D eigenvalue weighted by Crippen LogP contribution is -2.39. The number of nitrogens with one attached hydrogen (secondary N) is 1. The summed E-state index contributed by atoms with van der Waals surface area (Å²) in [6.07, 6.45) is -2.21. The van der Waals surface area contributed by atoms with E-state index in [0.717, 1.165) is 10.6 Å². The van der Waals surface area contributed by atoms with E-state index in [0.29, 0.717) is 11.4 Å². The fraction of sp³-hybridized carbons (Fsp3) is 0.200. The van der Waals surface area contributed by atoms with Crippen molar-refractivity contribution >= 4 is 25.3 Å². The minimum Gasteiger partial charge on any atom is -0.453 e. The molecule has 2 heterocycles. The summed E-state index contributed by atoms with van der Waals surface area (Å²) in [7, 11) is -3.26. The van der Waals surface area contributed by atoms with Gasteiger partial charge in [-0.05, 0) is 36.4 Å². The molecule has 1 fully saturated rings. The Morgan fingerprint density at radius 3 is 2.24 bits per heavy atom. The number of esters is 1. The monoisotopic (exact) mass is 541 g/mol. The van der Waals surface area contributed by atoms with Crippen molar-refractivity contribution in [2.75, 3.05) is 12.4 Å². The molecule has 4 unspecified atom stereocenters. The number of benzene rings is 2. The first-order chi connectivity index (χ1) is 18.2. The molecule has 0 saturated carbocycles. The van der Waals surface area contributed by atoms with Crippen LogP contribution in [0.3, 0.4) is 0 Å². The number of rotatable bonds is 8. The van der Waals surface area contributed by atoms with E-state index in [4.69, 9.17) is 14.2 Å². The lowest BCUT2D eigenvalue weighted by molar-refractivity contribution is -0.0524. The smallest absolute Gasteiger partial charge is 0.351 e. The Morgan fingerprint density at radius 2 is 1.66 bits per heavy atom. The third-order valence-corrected chi connectivity index (χ3v) is 6.16. The third-order valence-electron chi connectivity index (χ3n) is 5.60. The molecule has 13 heteroatoms. The molecular weight excluding hydrogens is 517 g/mol. The molecule has 38 heavy (non-hydrogen) atoms. The first-order valence-electron chi connectivity index (χ1n) is 11.3. The van der Waals surface area contributed by atoms with Crippen LogP contribution < -0.4 is 11.0 Å². The summed E-state index contributed by atoms with van der Waals surface area (Å²) in [6.45, 7) is 0. The summed E-state index contributed by atoms with van der Waals surface area (Å²) in [5.74, 6) is -0.560. The molecule has 3 aromatic rings. The molecule has 1 amide bonds. The first kappa shape index (κ1) is 27.1. The van der Waals surface area contributed by atoms with Gasteiger partial charge in [-0.3, -0.25) is 13.9 Å². The summed E-state index contributed by atoms with van der Waals surface area (Å²) in [4.78, 5) is 60.5. The van der Waals surface area contributed by atoms with E-state index in [1.807, 2.05) is 0 Å². The normalized spacial score (nSPS) is 21.3. The van der Waals surface area contributed by atoms with Gasteiger partial charge < -0.3 is 29.3 Å². The molecule has 4 atom stereocenters. The number of carbonyl (C=O) groups is 2. The van der Waals surface area contributed by atoms with E-state index < -0.39 is 49.7 Å². The Hall–Kier alpha value is -3.93. The fourth-order valence-corrected chi connectivity index (χ4v) is 4.24. The molecule has 2 aromatic carbocycles. The van der Waals surface area contributed by atoms with Gasteiger partial charge in [-0.2, -0.15) is 4.98 Å². The second-order valence-electron chi connectivity index (χ2n) is 8.18. The standard InChI is InChI=1S/C25H24N3O9P/c1-35-21-20(37-24(30)17-10-6-3-7-11-17)18(13-15-38(32,33)34)36-23(21)28-14-12-19(27-25(28)31)26-22(29)16-8-4-2-5-9-16/h2-15,18,20-21,23H,1H3,(H2,32,33,34)(H,26,27,29,31). The van der Waals surface area contributed by atoms with Crippen LogP contribution in [0, 0.1) is 0 Å². The van der Waals surface area contributed by atoms with Crippen LogP contribution in [-0.4, -0.2) is 56.6 Å². The number of ether oxygens (including phenoxy) is 3. The van der Waals surface area contributed by atoms with Crippen molar-refractivity contribution in [3.63, 3.8) is 0 Å². The van der Waals surface area contributed by atoms with Crippen LogP contribution >= 0.6 is 7.60 Å². The molecule has 0 spiro atoms. The molecule has 3 N–H and O–H groups in total. The van der Waals surface area contributed by atoms with Crippen LogP contribution in [0.1, 0.15) is 26.9 Å².